The van der Waals surface area contributed by atoms with Gasteiger partial charge in [-0.3, -0.25) is 13.2 Å². The molecule has 0 bridgehead atoms. The summed E-state index contributed by atoms with van der Waals surface area (Å²) in [5.41, 5.74) is 2.13. The molecule has 0 spiro atoms. The first-order valence-corrected chi connectivity index (χ1v) is 5.07. The molecule has 0 radical (unpaired) electrons. The van der Waals surface area contributed by atoms with E-state index in [0.29, 0.717) is 0 Å². The van der Waals surface area contributed by atoms with Crippen molar-refractivity contribution in [3.8, 4) is 0 Å². The zero-order valence-electron chi connectivity index (χ0n) is 9.81. The molecule has 0 aromatic heterocycles. The van der Waals surface area contributed by atoms with Gasteiger partial charge in [-0.05, 0) is 0 Å². The van der Waals surface area contributed by atoms with Crippen LogP contribution in [0.4, 0.5) is 0 Å². The molecule has 0 saturated heterocycles. The van der Waals surface area contributed by atoms with Crippen molar-refractivity contribution in [2.24, 2.45) is 0 Å². The Labute approximate surface area is 130 Å². The van der Waals surface area contributed by atoms with Gasteiger partial charge < -0.3 is 0 Å². The van der Waals surface area contributed by atoms with Gasteiger partial charge in [0, 0.05) is 0 Å². The standard InChI is InChI=1S/2C8H7.ClH.Pt/c2*1-2-8-6-4-3-5-7-8;;/h2*1-7H;1H;/q2*-1;;+2. The molecule has 0 N–H and O–H groups in total. The van der Waals surface area contributed by atoms with Crippen molar-refractivity contribution < 1.29 is 21.1 Å². The molecule has 2 rings (SSSR count). The Kier molecular flexibility index (Phi) is 13.2. The molecular formula is C16H15ClPt. The Hall–Kier alpha value is -1.10. The summed E-state index contributed by atoms with van der Waals surface area (Å²) in [4.78, 5) is 0. The normalized spacial score (nSPS) is 7.56. The van der Waals surface area contributed by atoms with Gasteiger partial charge in [0.15, 0.2) is 0 Å². The van der Waals surface area contributed by atoms with Crippen LogP contribution < -0.4 is 0 Å². The van der Waals surface area contributed by atoms with Crippen molar-refractivity contribution in [3.05, 3.63) is 84.9 Å². The van der Waals surface area contributed by atoms with E-state index in [1.54, 1.807) is 12.2 Å². The first-order chi connectivity index (χ1) is 7.86. The van der Waals surface area contributed by atoms with Gasteiger partial charge in [0.25, 0.3) is 0 Å². The van der Waals surface area contributed by atoms with Crippen LogP contribution in [0.3, 0.4) is 0 Å². The van der Waals surface area contributed by atoms with E-state index in [-0.39, 0.29) is 33.5 Å². The molecule has 0 nitrogen and oxygen atoms in total. The fraction of sp³-hybridized carbons (Fsp3) is 0. The molecule has 18 heavy (non-hydrogen) atoms. The summed E-state index contributed by atoms with van der Waals surface area (Å²) in [6.45, 7) is 10.4. The Bertz CT molecular complexity index is 380. The molecule has 2 aromatic carbocycles. The molecule has 0 amide bonds. The molecule has 0 unspecified atom stereocenters. The molecule has 2 heteroatoms. The van der Waals surface area contributed by atoms with E-state index in [9.17, 15) is 0 Å². The van der Waals surface area contributed by atoms with E-state index in [0.717, 1.165) is 11.1 Å². The molecule has 0 heterocycles. The molecular weight excluding hydrogens is 423 g/mol. The van der Waals surface area contributed by atoms with Gasteiger partial charge in [0.1, 0.15) is 0 Å². The van der Waals surface area contributed by atoms with Crippen molar-refractivity contribution in [2.45, 2.75) is 0 Å². The monoisotopic (exact) mass is 437 g/mol. The number of rotatable bonds is 2. The van der Waals surface area contributed by atoms with Gasteiger partial charge in [-0.2, -0.15) is 11.1 Å². The van der Waals surface area contributed by atoms with Crippen LogP contribution >= 0.6 is 12.4 Å². The van der Waals surface area contributed by atoms with Gasteiger partial charge in [0.2, 0.25) is 0 Å². The van der Waals surface area contributed by atoms with Crippen molar-refractivity contribution >= 4 is 24.6 Å². The summed E-state index contributed by atoms with van der Waals surface area (Å²) >= 11 is 0. The Morgan fingerprint density at radius 2 is 0.889 bits per heavy atom. The van der Waals surface area contributed by atoms with Crippen LogP contribution in [-0.2, 0) is 21.1 Å². The van der Waals surface area contributed by atoms with Crippen LogP contribution in [0.15, 0.2) is 60.7 Å². The van der Waals surface area contributed by atoms with Crippen LogP contribution in [0.5, 0.6) is 0 Å². The van der Waals surface area contributed by atoms with Gasteiger partial charge in [-0.15, -0.1) is 36.7 Å². The van der Waals surface area contributed by atoms with Gasteiger partial charge >= 0.3 is 21.1 Å². The van der Waals surface area contributed by atoms with E-state index in [4.69, 9.17) is 13.2 Å². The molecule has 0 fully saturated rings. The van der Waals surface area contributed by atoms with Crippen LogP contribution in [0, 0.1) is 13.2 Å². The number of hydrogen-bond donors (Lipinski definition) is 0. The predicted octanol–water partition coefficient (Wildman–Crippen LogP) is 4.68. The van der Waals surface area contributed by atoms with E-state index in [1.165, 1.54) is 0 Å². The SMILES string of the molecule is Cl.[CH-]=Cc1ccccc1.[CH-]=Cc1ccccc1.[Pt+2]. The molecule has 0 aliphatic carbocycles. The average Bonchev–Trinajstić information content (AvgIpc) is 2.41. The molecule has 2 aromatic rings. The van der Waals surface area contributed by atoms with Crippen LogP contribution in [0.1, 0.15) is 11.1 Å². The number of benzene rings is 2. The third kappa shape index (κ3) is 8.06. The van der Waals surface area contributed by atoms with E-state index >= 15 is 0 Å². The van der Waals surface area contributed by atoms with E-state index in [2.05, 4.69) is 0 Å². The van der Waals surface area contributed by atoms with Gasteiger partial charge in [-0.1, -0.05) is 36.4 Å². The minimum absolute atomic E-state index is 0. The molecule has 0 aliphatic heterocycles. The average molecular weight is 438 g/mol. The largest absolute Gasteiger partial charge is 2.00 e. The number of halogens is 1. The van der Waals surface area contributed by atoms with Crippen LogP contribution in [-0.4, -0.2) is 0 Å². The quantitative estimate of drug-likeness (QED) is 0.598. The Morgan fingerprint density at radius 3 is 1.06 bits per heavy atom. The summed E-state index contributed by atoms with van der Waals surface area (Å²) in [6.07, 6.45) is 3.17. The minimum atomic E-state index is 0. The maximum Gasteiger partial charge on any atom is 2.00 e. The third-order valence-corrected chi connectivity index (χ3v) is 1.98. The topological polar surface area (TPSA) is 0 Å². The fourth-order valence-electron chi connectivity index (χ4n) is 1.13. The smallest absolute Gasteiger partial charge is 0.292 e. The molecule has 96 valence electrons. The first-order valence-electron chi connectivity index (χ1n) is 5.07. The molecule has 0 aliphatic rings. The minimum Gasteiger partial charge on any atom is -0.292 e. The second kappa shape index (κ2) is 12.4. The summed E-state index contributed by atoms with van der Waals surface area (Å²) in [5, 5.41) is 0. The zero-order valence-corrected chi connectivity index (χ0v) is 12.9. The number of hydrogen-bond acceptors (Lipinski definition) is 0. The van der Waals surface area contributed by atoms with Crippen LogP contribution in [0.25, 0.3) is 12.2 Å². The predicted molar refractivity (Wildman–Crippen MR) is 77.7 cm³/mol. The first kappa shape index (κ1) is 19.2. The summed E-state index contributed by atoms with van der Waals surface area (Å²) < 4.78 is 0. The van der Waals surface area contributed by atoms with Crippen molar-refractivity contribution in [1.82, 2.24) is 0 Å². The van der Waals surface area contributed by atoms with Crippen molar-refractivity contribution in [2.75, 3.05) is 0 Å². The Morgan fingerprint density at radius 1 is 0.611 bits per heavy atom. The summed E-state index contributed by atoms with van der Waals surface area (Å²) in [6, 6.07) is 19.6. The second-order valence-corrected chi connectivity index (χ2v) is 3.15. The summed E-state index contributed by atoms with van der Waals surface area (Å²) in [7, 11) is 0. The van der Waals surface area contributed by atoms with Crippen molar-refractivity contribution in [1.29, 1.82) is 0 Å². The van der Waals surface area contributed by atoms with Crippen molar-refractivity contribution in [3.63, 3.8) is 0 Å². The van der Waals surface area contributed by atoms with E-state index < -0.39 is 0 Å². The molecule has 0 saturated carbocycles. The maximum absolute atomic E-state index is 5.22. The second-order valence-electron chi connectivity index (χ2n) is 3.15. The third-order valence-electron chi connectivity index (χ3n) is 1.98. The zero-order chi connectivity index (χ0) is 11.6. The molecule has 0 atom stereocenters. The Balaban J connectivity index is 0. The summed E-state index contributed by atoms with van der Waals surface area (Å²) in [5.74, 6) is 0. The van der Waals surface area contributed by atoms with Gasteiger partial charge in [0.05, 0.1) is 0 Å². The van der Waals surface area contributed by atoms with E-state index in [1.807, 2.05) is 60.7 Å². The maximum atomic E-state index is 5.22. The van der Waals surface area contributed by atoms with Crippen LogP contribution in [0.2, 0.25) is 0 Å². The van der Waals surface area contributed by atoms with Gasteiger partial charge in [-0.25, -0.2) is 12.2 Å². The fourth-order valence-corrected chi connectivity index (χ4v) is 1.13.